The van der Waals surface area contributed by atoms with Gasteiger partial charge in [-0.2, -0.15) is 0 Å². The molecule has 0 radical (unpaired) electrons. The van der Waals surface area contributed by atoms with Gasteiger partial charge in [-0.3, -0.25) is 10.9 Å². The normalized spacial score (nSPS) is 28.5. The third-order valence-corrected chi connectivity index (χ3v) is 6.11. The molecule has 0 bridgehead atoms. The average Bonchev–Trinajstić information content (AvgIpc) is 3.25. The molecule has 0 aliphatic carbocycles. The molecule has 2 saturated heterocycles. The van der Waals surface area contributed by atoms with Crippen molar-refractivity contribution in [2.45, 2.75) is 45.3 Å². The highest BCUT2D eigenvalue weighted by molar-refractivity contribution is 5.46. The molecule has 0 saturated carbocycles. The summed E-state index contributed by atoms with van der Waals surface area (Å²) in [6.45, 7) is 11.0. The molecule has 2 atom stereocenters. The molecule has 4 rings (SSSR count). The van der Waals surface area contributed by atoms with Gasteiger partial charge in [-0.15, -0.1) is 0 Å². The first kappa shape index (κ1) is 18.0. The van der Waals surface area contributed by atoms with Gasteiger partial charge >= 0.3 is 0 Å². The first-order valence-electron chi connectivity index (χ1n) is 9.68. The van der Waals surface area contributed by atoms with Crippen LogP contribution >= 0.6 is 0 Å². The average molecular weight is 361 g/mol. The second-order valence-electron chi connectivity index (χ2n) is 9.03. The summed E-state index contributed by atoms with van der Waals surface area (Å²) in [6, 6.07) is 6.30. The number of hydrogen-bond acceptors (Lipinski definition) is 6. The molecule has 3 aliphatic heterocycles. The third kappa shape index (κ3) is 3.43. The molecule has 1 aromatic rings. The van der Waals surface area contributed by atoms with E-state index >= 15 is 0 Å². The van der Waals surface area contributed by atoms with Crippen molar-refractivity contribution in [1.82, 2.24) is 15.8 Å². The Morgan fingerprint density at radius 3 is 2.65 bits per heavy atom. The lowest BCUT2D eigenvalue weighted by atomic mass is 9.79. The van der Waals surface area contributed by atoms with Crippen LogP contribution in [0.4, 0.5) is 0 Å². The summed E-state index contributed by atoms with van der Waals surface area (Å²) in [5, 5.41) is 11.2. The van der Waals surface area contributed by atoms with Gasteiger partial charge < -0.3 is 19.5 Å². The Hall–Kier alpha value is -1.34. The van der Waals surface area contributed by atoms with Crippen molar-refractivity contribution in [3.63, 3.8) is 0 Å². The van der Waals surface area contributed by atoms with E-state index in [1.807, 2.05) is 18.2 Å². The quantitative estimate of drug-likeness (QED) is 0.763. The molecule has 2 fully saturated rings. The largest absolute Gasteiger partial charge is 0.454 e. The Morgan fingerprint density at radius 2 is 1.92 bits per heavy atom. The fourth-order valence-corrected chi connectivity index (χ4v) is 4.54. The number of hydrogen-bond donors (Lipinski definition) is 3. The molecular formula is C20H31N3O3. The second kappa shape index (κ2) is 6.68. The van der Waals surface area contributed by atoms with Gasteiger partial charge in [0.2, 0.25) is 6.79 Å². The van der Waals surface area contributed by atoms with Crippen molar-refractivity contribution >= 4 is 0 Å². The molecule has 0 spiro atoms. The number of fused-ring (bicyclic) bond motifs is 1. The number of benzene rings is 1. The van der Waals surface area contributed by atoms with E-state index in [0.29, 0.717) is 12.0 Å². The summed E-state index contributed by atoms with van der Waals surface area (Å²) in [4.78, 5) is 2.50. The van der Waals surface area contributed by atoms with E-state index < -0.39 is 5.60 Å². The van der Waals surface area contributed by atoms with Crippen LogP contribution in [-0.4, -0.2) is 49.0 Å². The molecule has 26 heavy (non-hydrogen) atoms. The Kier molecular flexibility index (Phi) is 4.63. The molecule has 0 amide bonds. The van der Waals surface area contributed by atoms with Crippen LogP contribution in [0.3, 0.4) is 0 Å². The van der Waals surface area contributed by atoms with Gasteiger partial charge in [0.25, 0.3) is 0 Å². The maximum absolute atomic E-state index is 11.2. The standard InChI is InChI=1S/C20H31N3O3/c1-19(2,3)18-14(11-21-22-18)12-23-8-6-20(24,7-9-23)15-4-5-16-17(10-15)26-13-25-16/h4-5,10,14,18,21-22,24H,6-9,11-13H2,1-3H3. The minimum Gasteiger partial charge on any atom is -0.454 e. The zero-order chi connectivity index (χ0) is 18.4. The first-order chi connectivity index (χ1) is 12.4. The van der Waals surface area contributed by atoms with Gasteiger partial charge in [0.05, 0.1) is 5.60 Å². The summed E-state index contributed by atoms with van der Waals surface area (Å²) in [7, 11) is 0. The molecule has 3 N–H and O–H groups in total. The van der Waals surface area contributed by atoms with Crippen LogP contribution in [-0.2, 0) is 5.60 Å². The predicted molar refractivity (Wildman–Crippen MR) is 100 cm³/mol. The Balaban J connectivity index is 1.38. The molecule has 6 heteroatoms. The van der Waals surface area contributed by atoms with Gasteiger partial charge in [-0.25, -0.2) is 0 Å². The summed E-state index contributed by atoms with van der Waals surface area (Å²) in [5.74, 6) is 2.10. The van der Waals surface area contributed by atoms with E-state index in [2.05, 4.69) is 36.5 Å². The smallest absolute Gasteiger partial charge is 0.231 e. The number of nitrogens with zero attached hydrogens (tertiary/aromatic N) is 1. The molecule has 6 nitrogen and oxygen atoms in total. The van der Waals surface area contributed by atoms with Crippen LogP contribution < -0.4 is 20.3 Å². The SMILES string of the molecule is CC(C)(C)C1NNCC1CN1CCC(O)(c2ccc3c(c2)OCO3)CC1. The molecular weight excluding hydrogens is 330 g/mol. The fraction of sp³-hybridized carbons (Fsp3) is 0.700. The number of piperidine rings is 1. The molecule has 1 aromatic carbocycles. The van der Waals surface area contributed by atoms with E-state index in [0.717, 1.165) is 56.1 Å². The second-order valence-corrected chi connectivity index (χ2v) is 9.03. The Bertz CT molecular complexity index is 650. The van der Waals surface area contributed by atoms with Crippen molar-refractivity contribution in [3.05, 3.63) is 23.8 Å². The highest BCUT2D eigenvalue weighted by Gasteiger charge is 2.39. The van der Waals surface area contributed by atoms with Crippen LogP contribution in [0, 0.1) is 11.3 Å². The van der Waals surface area contributed by atoms with Crippen LogP contribution in [0.2, 0.25) is 0 Å². The lowest BCUT2D eigenvalue weighted by molar-refractivity contribution is -0.0298. The van der Waals surface area contributed by atoms with Crippen molar-refractivity contribution in [2.75, 3.05) is 33.0 Å². The van der Waals surface area contributed by atoms with E-state index in [4.69, 9.17) is 9.47 Å². The number of ether oxygens (including phenoxy) is 2. The van der Waals surface area contributed by atoms with Gasteiger partial charge in [-0.1, -0.05) is 26.8 Å². The zero-order valence-corrected chi connectivity index (χ0v) is 16.0. The minimum absolute atomic E-state index is 0.233. The van der Waals surface area contributed by atoms with Crippen LogP contribution in [0.1, 0.15) is 39.2 Å². The fourth-order valence-electron chi connectivity index (χ4n) is 4.54. The van der Waals surface area contributed by atoms with Gasteiger partial charge in [-0.05, 0) is 36.0 Å². The minimum atomic E-state index is -0.771. The summed E-state index contributed by atoms with van der Waals surface area (Å²) < 4.78 is 10.8. The molecule has 0 aromatic heterocycles. The molecule has 3 aliphatic rings. The van der Waals surface area contributed by atoms with Crippen LogP contribution in [0.5, 0.6) is 11.5 Å². The van der Waals surface area contributed by atoms with Crippen LogP contribution in [0.15, 0.2) is 18.2 Å². The van der Waals surface area contributed by atoms with E-state index in [1.165, 1.54) is 0 Å². The van der Waals surface area contributed by atoms with Crippen molar-refractivity contribution in [1.29, 1.82) is 0 Å². The predicted octanol–water partition coefficient (Wildman–Crippen LogP) is 1.84. The van der Waals surface area contributed by atoms with E-state index in [9.17, 15) is 5.11 Å². The van der Waals surface area contributed by atoms with Gasteiger partial charge in [0, 0.05) is 38.1 Å². The number of aliphatic hydroxyl groups is 1. The maximum atomic E-state index is 11.2. The topological polar surface area (TPSA) is 66.0 Å². The number of likely N-dealkylation sites (tertiary alicyclic amines) is 1. The van der Waals surface area contributed by atoms with Crippen molar-refractivity contribution in [2.24, 2.45) is 11.3 Å². The maximum Gasteiger partial charge on any atom is 0.231 e. The van der Waals surface area contributed by atoms with Gasteiger partial charge in [0.1, 0.15) is 0 Å². The Labute approximate surface area is 155 Å². The van der Waals surface area contributed by atoms with Crippen LogP contribution in [0.25, 0.3) is 0 Å². The molecule has 2 unspecified atom stereocenters. The van der Waals surface area contributed by atoms with Crippen molar-refractivity contribution < 1.29 is 14.6 Å². The number of rotatable bonds is 3. The summed E-state index contributed by atoms with van der Waals surface area (Å²) >= 11 is 0. The summed E-state index contributed by atoms with van der Waals surface area (Å²) in [5.41, 5.74) is 7.19. The molecule has 144 valence electrons. The van der Waals surface area contributed by atoms with E-state index in [-0.39, 0.29) is 12.2 Å². The highest BCUT2D eigenvalue weighted by atomic mass is 16.7. The number of nitrogens with one attached hydrogen (secondary N) is 2. The third-order valence-electron chi connectivity index (χ3n) is 6.11. The number of hydrazine groups is 1. The zero-order valence-electron chi connectivity index (χ0n) is 16.0. The van der Waals surface area contributed by atoms with Gasteiger partial charge in [0.15, 0.2) is 11.5 Å². The highest BCUT2D eigenvalue weighted by Crippen LogP contribution is 2.40. The lowest BCUT2D eigenvalue weighted by Crippen LogP contribution is -2.48. The monoisotopic (exact) mass is 361 g/mol. The van der Waals surface area contributed by atoms with E-state index in [1.54, 1.807) is 0 Å². The summed E-state index contributed by atoms with van der Waals surface area (Å²) in [6.07, 6.45) is 1.50. The molecule has 3 heterocycles. The lowest BCUT2D eigenvalue weighted by Gasteiger charge is -2.41. The van der Waals surface area contributed by atoms with Crippen molar-refractivity contribution in [3.8, 4) is 11.5 Å². The first-order valence-corrected chi connectivity index (χ1v) is 9.68. The Morgan fingerprint density at radius 1 is 1.19 bits per heavy atom.